The molecule has 2 rings (SSSR count). The van der Waals surface area contributed by atoms with Crippen molar-refractivity contribution in [2.75, 3.05) is 5.32 Å². The van der Waals surface area contributed by atoms with Gasteiger partial charge in [0.15, 0.2) is 6.19 Å². The van der Waals surface area contributed by atoms with Gasteiger partial charge in [0.25, 0.3) is 0 Å². The van der Waals surface area contributed by atoms with Gasteiger partial charge in [0.1, 0.15) is 0 Å². The molecule has 0 saturated heterocycles. The van der Waals surface area contributed by atoms with Gasteiger partial charge in [-0.2, -0.15) is 10.5 Å². The largest absolute Gasteiger partial charge is 0.358 e. The van der Waals surface area contributed by atoms with Gasteiger partial charge >= 0.3 is 0 Å². The summed E-state index contributed by atoms with van der Waals surface area (Å²) in [5.41, 5.74) is 4.89. The Morgan fingerprint density at radius 1 is 1.20 bits per heavy atom. The van der Waals surface area contributed by atoms with Crippen molar-refractivity contribution in [2.45, 2.75) is 26.2 Å². The number of aromatic nitrogens is 1. The van der Waals surface area contributed by atoms with Crippen LogP contribution in [0, 0.1) is 22.8 Å². The highest BCUT2D eigenvalue weighted by Gasteiger charge is 2.09. The maximum absolute atomic E-state index is 8.78. The SMILES string of the molecule is CC(C)c1cc(-c2ccc(CC#N)[nH]2)ccc1NC#N. The molecule has 100 valence electrons. The summed E-state index contributed by atoms with van der Waals surface area (Å²) in [7, 11) is 0. The van der Waals surface area contributed by atoms with Gasteiger partial charge in [0.2, 0.25) is 0 Å². The third-order valence-electron chi connectivity index (χ3n) is 3.19. The molecule has 4 nitrogen and oxygen atoms in total. The Kier molecular flexibility index (Phi) is 4.08. The standard InChI is InChI=1S/C16H16N4/c1-11(2)14-9-12(3-5-16(14)19-10-18)15-6-4-13(20-15)7-8-17/h3-6,9,11,19-20H,7H2,1-2H3. The Bertz CT molecular complexity index is 683. The van der Waals surface area contributed by atoms with E-state index in [1.807, 2.05) is 30.5 Å². The lowest BCUT2D eigenvalue weighted by molar-refractivity contribution is 0.869. The van der Waals surface area contributed by atoms with Crippen LogP contribution in [0.3, 0.4) is 0 Å². The number of anilines is 1. The molecule has 0 radical (unpaired) electrons. The first-order valence-corrected chi connectivity index (χ1v) is 6.50. The number of hydrogen-bond donors (Lipinski definition) is 2. The molecular formula is C16H16N4. The van der Waals surface area contributed by atoms with Crippen molar-refractivity contribution in [3.8, 4) is 23.5 Å². The molecule has 2 N–H and O–H groups in total. The molecular weight excluding hydrogens is 248 g/mol. The monoisotopic (exact) mass is 264 g/mol. The van der Waals surface area contributed by atoms with Crippen LogP contribution in [0.4, 0.5) is 5.69 Å². The number of benzene rings is 1. The van der Waals surface area contributed by atoms with Crippen molar-refractivity contribution in [3.05, 3.63) is 41.6 Å². The van der Waals surface area contributed by atoms with Crippen LogP contribution in [-0.4, -0.2) is 4.98 Å². The molecule has 0 aliphatic carbocycles. The van der Waals surface area contributed by atoms with Crippen LogP contribution in [0.5, 0.6) is 0 Å². The number of nitrogens with zero attached hydrogens (tertiary/aromatic N) is 2. The number of nitrogens with one attached hydrogen (secondary N) is 2. The summed E-state index contributed by atoms with van der Waals surface area (Å²) in [6, 6.07) is 12.0. The molecule has 0 spiro atoms. The predicted octanol–water partition coefficient (Wildman–Crippen LogP) is 3.76. The van der Waals surface area contributed by atoms with Crippen LogP contribution in [0.25, 0.3) is 11.3 Å². The van der Waals surface area contributed by atoms with Crippen molar-refractivity contribution >= 4 is 5.69 Å². The van der Waals surface area contributed by atoms with Gasteiger partial charge in [0, 0.05) is 11.4 Å². The van der Waals surface area contributed by atoms with Gasteiger partial charge in [-0.25, -0.2) is 0 Å². The molecule has 1 aromatic heterocycles. The van der Waals surface area contributed by atoms with Crippen LogP contribution in [0.2, 0.25) is 0 Å². The summed E-state index contributed by atoms with van der Waals surface area (Å²) >= 11 is 0. The van der Waals surface area contributed by atoms with Crippen molar-refractivity contribution in [2.24, 2.45) is 0 Å². The lowest BCUT2D eigenvalue weighted by atomic mass is 9.97. The summed E-state index contributed by atoms with van der Waals surface area (Å²) < 4.78 is 0. The van der Waals surface area contributed by atoms with E-state index in [2.05, 4.69) is 36.3 Å². The molecule has 0 amide bonds. The Balaban J connectivity index is 2.40. The van der Waals surface area contributed by atoms with E-state index >= 15 is 0 Å². The average Bonchev–Trinajstić information content (AvgIpc) is 2.88. The average molecular weight is 264 g/mol. The molecule has 0 aliphatic heterocycles. The number of nitriles is 2. The Labute approximate surface area is 118 Å². The normalized spacial score (nSPS) is 10.1. The van der Waals surface area contributed by atoms with Crippen LogP contribution in [-0.2, 0) is 6.42 Å². The molecule has 4 heteroatoms. The molecule has 20 heavy (non-hydrogen) atoms. The number of rotatable bonds is 4. The summed E-state index contributed by atoms with van der Waals surface area (Å²) in [5.74, 6) is 0.319. The highest BCUT2D eigenvalue weighted by molar-refractivity contribution is 5.67. The van der Waals surface area contributed by atoms with Gasteiger partial charge in [-0.3, -0.25) is 5.32 Å². The topological polar surface area (TPSA) is 75.4 Å². The van der Waals surface area contributed by atoms with E-state index in [0.717, 1.165) is 28.2 Å². The zero-order chi connectivity index (χ0) is 14.5. The van der Waals surface area contributed by atoms with E-state index in [4.69, 9.17) is 10.5 Å². The third kappa shape index (κ3) is 2.81. The highest BCUT2D eigenvalue weighted by Crippen LogP contribution is 2.29. The summed E-state index contributed by atoms with van der Waals surface area (Å²) in [5, 5.41) is 20.2. The van der Waals surface area contributed by atoms with Crippen LogP contribution in [0.15, 0.2) is 30.3 Å². The molecule has 0 fully saturated rings. The third-order valence-corrected chi connectivity index (χ3v) is 3.19. The molecule has 1 aromatic carbocycles. The maximum Gasteiger partial charge on any atom is 0.181 e. The number of aromatic amines is 1. The van der Waals surface area contributed by atoms with Gasteiger partial charge in [-0.15, -0.1) is 0 Å². The van der Waals surface area contributed by atoms with E-state index in [9.17, 15) is 0 Å². The summed E-state index contributed by atoms with van der Waals surface area (Å²) in [6.07, 6.45) is 2.35. The molecule has 2 aromatic rings. The van der Waals surface area contributed by atoms with E-state index in [1.54, 1.807) is 0 Å². The molecule has 0 unspecified atom stereocenters. The fourth-order valence-corrected chi connectivity index (χ4v) is 2.18. The lowest BCUT2D eigenvalue weighted by Gasteiger charge is -2.12. The van der Waals surface area contributed by atoms with Crippen LogP contribution < -0.4 is 5.32 Å². The molecule has 1 heterocycles. The maximum atomic E-state index is 8.78. The minimum atomic E-state index is 0.319. The molecule has 0 saturated carbocycles. The highest BCUT2D eigenvalue weighted by atomic mass is 14.9. The summed E-state index contributed by atoms with van der Waals surface area (Å²) in [4.78, 5) is 3.24. The molecule has 0 atom stereocenters. The van der Waals surface area contributed by atoms with Gasteiger partial charge in [0.05, 0.1) is 18.2 Å². The summed E-state index contributed by atoms with van der Waals surface area (Å²) in [6.45, 7) is 4.19. The van der Waals surface area contributed by atoms with Crippen molar-refractivity contribution in [1.29, 1.82) is 10.5 Å². The second-order valence-corrected chi connectivity index (χ2v) is 4.93. The van der Waals surface area contributed by atoms with E-state index < -0.39 is 0 Å². The zero-order valence-corrected chi connectivity index (χ0v) is 11.6. The number of hydrogen-bond acceptors (Lipinski definition) is 3. The van der Waals surface area contributed by atoms with E-state index in [-0.39, 0.29) is 0 Å². The molecule has 0 aliphatic rings. The Morgan fingerprint density at radius 3 is 2.65 bits per heavy atom. The fraction of sp³-hybridized carbons (Fsp3) is 0.250. The Morgan fingerprint density at radius 2 is 2.00 bits per heavy atom. The van der Waals surface area contributed by atoms with Crippen molar-refractivity contribution < 1.29 is 0 Å². The van der Waals surface area contributed by atoms with E-state index in [1.165, 1.54) is 0 Å². The van der Waals surface area contributed by atoms with Crippen molar-refractivity contribution in [3.63, 3.8) is 0 Å². The minimum Gasteiger partial charge on any atom is -0.358 e. The van der Waals surface area contributed by atoms with Gasteiger partial charge in [-0.05, 0) is 41.3 Å². The van der Waals surface area contributed by atoms with Crippen LogP contribution in [0.1, 0.15) is 31.0 Å². The van der Waals surface area contributed by atoms with Gasteiger partial charge < -0.3 is 4.98 Å². The van der Waals surface area contributed by atoms with Gasteiger partial charge in [-0.1, -0.05) is 19.9 Å². The fourth-order valence-electron chi connectivity index (χ4n) is 2.18. The quantitative estimate of drug-likeness (QED) is 0.652. The Hall–Kier alpha value is -2.72. The van der Waals surface area contributed by atoms with E-state index in [0.29, 0.717) is 12.3 Å². The smallest absolute Gasteiger partial charge is 0.181 e. The first-order valence-electron chi connectivity index (χ1n) is 6.50. The molecule has 0 bridgehead atoms. The second-order valence-electron chi connectivity index (χ2n) is 4.93. The van der Waals surface area contributed by atoms with Crippen molar-refractivity contribution in [1.82, 2.24) is 4.98 Å². The van der Waals surface area contributed by atoms with Crippen LogP contribution >= 0.6 is 0 Å². The zero-order valence-electron chi connectivity index (χ0n) is 11.6. The first-order chi connectivity index (χ1) is 9.65. The second kappa shape index (κ2) is 5.95. The lowest BCUT2D eigenvalue weighted by Crippen LogP contribution is -1.97. The minimum absolute atomic E-state index is 0.319. The first kappa shape index (κ1) is 13.7. The number of H-pyrrole nitrogens is 1. The predicted molar refractivity (Wildman–Crippen MR) is 78.9 cm³/mol.